The van der Waals surface area contributed by atoms with Gasteiger partial charge in [-0.15, -0.1) is 0 Å². The minimum absolute atomic E-state index is 0.0394. The smallest absolute Gasteiger partial charge is 0.361 e. The summed E-state index contributed by atoms with van der Waals surface area (Å²) in [7, 11) is 0. The summed E-state index contributed by atoms with van der Waals surface area (Å²) in [6.45, 7) is 3.42. The Bertz CT molecular complexity index is 716. The molecule has 0 atom stereocenters. The van der Waals surface area contributed by atoms with E-state index in [1.54, 1.807) is 6.07 Å². The number of hydrogen-bond acceptors (Lipinski definition) is 6. The van der Waals surface area contributed by atoms with Crippen LogP contribution in [0.2, 0.25) is 0 Å². The number of carbonyl (C=O) groups is 2. The van der Waals surface area contributed by atoms with Crippen molar-refractivity contribution in [2.75, 3.05) is 17.7 Å². The number of nitrogens with one attached hydrogen (secondary N) is 1. The van der Waals surface area contributed by atoms with E-state index in [2.05, 4.69) is 15.3 Å². The summed E-state index contributed by atoms with van der Waals surface area (Å²) in [5, 5.41) is 2.69. The van der Waals surface area contributed by atoms with Crippen LogP contribution in [-0.2, 0) is 9.53 Å². The van der Waals surface area contributed by atoms with Crippen molar-refractivity contribution in [3.05, 3.63) is 47.4 Å². The Morgan fingerprint density at radius 1 is 1.23 bits per heavy atom. The van der Waals surface area contributed by atoms with Crippen LogP contribution in [-0.4, -0.2) is 28.5 Å². The fourth-order valence-electron chi connectivity index (χ4n) is 1.78. The van der Waals surface area contributed by atoms with Gasteiger partial charge < -0.3 is 15.8 Å². The van der Waals surface area contributed by atoms with Crippen molar-refractivity contribution in [2.45, 2.75) is 13.8 Å². The van der Waals surface area contributed by atoms with E-state index in [-0.39, 0.29) is 11.5 Å². The Morgan fingerprint density at radius 3 is 2.68 bits per heavy atom. The predicted molar refractivity (Wildman–Crippen MR) is 81.3 cm³/mol. The standard InChI is InChI=1S/C15H16N4O3/c1-9-4-3-5-11(10(9)2)19-12(20)8-22-15(21)13-14(16)18-7-6-17-13/h3-7H,8H2,1-2H3,(H2,16,18)(H,19,20). The second-order valence-electron chi connectivity index (χ2n) is 4.66. The number of benzene rings is 1. The van der Waals surface area contributed by atoms with E-state index in [9.17, 15) is 9.59 Å². The van der Waals surface area contributed by atoms with E-state index >= 15 is 0 Å². The van der Waals surface area contributed by atoms with Gasteiger partial charge in [-0.1, -0.05) is 12.1 Å². The lowest BCUT2D eigenvalue weighted by molar-refractivity contribution is -0.119. The maximum atomic E-state index is 11.8. The zero-order chi connectivity index (χ0) is 16.1. The summed E-state index contributed by atoms with van der Waals surface area (Å²) in [4.78, 5) is 31.1. The van der Waals surface area contributed by atoms with Crippen LogP contribution in [0.1, 0.15) is 21.6 Å². The van der Waals surface area contributed by atoms with Gasteiger partial charge in [-0.05, 0) is 31.0 Å². The maximum absolute atomic E-state index is 11.8. The monoisotopic (exact) mass is 300 g/mol. The molecule has 0 unspecified atom stereocenters. The summed E-state index contributed by atoms with van der Waals surface area (Å²) in [6, 6.07) is 5.56. The van der Waals surface area contributed by atoms with Crippen molar-refractivity contribution in [2.24, 2.45) is 0 Å². The van der Waals surface area contributed by atoms with Crippen molar-refractivity contribution in [1.29, 1.82) is 0 Å². The number of anilines is 2. The summed E-state index contributed by atoms with van der Waals surface area (Å²) in [5.74, 6) is -1.27. The number of nitrogen functional groups attached to an aromatic ring is 1. The van der Waals surface area contributed by atoms with Crippen LogP contribution >= 0.6 is 0 Å². The van der Waals surface area contributed by atoms with E-state index in [1.165, 1.54) is 12.4 Å². The summed E-state index contributed by atoms with van der Waals surface area (Å²) in [6.07, 6.45) is 2.68. The van der Waals surface area contributed by atoms with Gasteiger partial charge in [-0.2, -0.15) is 0 Å². The van der Waals surface area contributed by atoms with Crippen molar-refractivity contribution in [3.63, 3.8) is 0 Å². The van der Waals surface area contributed by atoms with Gasteiger partial charge in [-0.3, -0.25) is 4.79 Å². The van der Waals surface area contributed by atoms with Crippen molar-refractivity contribution >= 4 is 23.4 Å². The van der Waals surface area contributed by atoms with Crippen molar-refractivity contribution in [3.8, 4) is 0 Å². The van der Waals surface area contributed by atoms with E-state index < -0.39 is 18.5 Å². The van der Waals surface area contributed by atoms with Crippen LogP contribution in [0.4, 0.5) is 11.5 Å². The molecule has 2 rings (SSSR count). The SMILES string of the molecule is Cc1cccc(NC(=O)COC(=O)c2nccnc2N)c1C. The third kappa shape index (κ3) is 3.57. The topological polar surface area (TPSA) is 107 Å². The molecule has 0 saturated heterocycles. The average molecular weight is 300 g/mol. The van der Waals surface area contributed by atoms with Crippen LogP contribution in [0.15, 0.2) is 30.6 Å². The van der Waals surface area contributed by atoms with Gasteiger partial charge in [0.05, 0.1) is 0 Å². The first-order chi connectivity index (χ1) is 10.5. The quantitative estimate of drug-likeness (QED) is 0.828. The van der Waals surface area contributed by atoms with Crippen molar-refractivity contribution < 1.29 is 14.3 Å². The molecule has 0 aliphatic rings. The molecule has 22 heavy (non-hydrogen) atoms. The molecule has 1 amide bonds. The minimum atomic E-state index is -0.790. The van der Waals surface area contributed by atoms with Gasteiger partial charge in [0, 0.05) is 18.1 Å². The highest BCUT2D eigenvalue weighted by Crippen LogP contribution is 2.17. The molecule has 2 aromatic rings. The molecular weight excluding hydrogens is 284 g/mol. The highest BCUT2D eigenvalue weighted by atomic mass is 16.5. The lowest BCUT2D eigenvalue weighted by atomic mass is 10.1. The highest BCUT2D eigenvalue weighted by molar-refractivity contribution is 5.96. The van der Waals surface area contributed by atoms with Gasteiger partial charge >= 0.3 is 5.97 Å². The fraction of sp³-hybridized carbons (Fsp3) is 0.200. The normalized spacial score (nSPS) is 10.1. The number of aromatic nitrogens is 2. The number of hydrogen-bond donors (Lipinski definition) is 2. The highest BCUT2D eigenvalue weighted by Gasteiger charge is 2.15. The Kier molecular flexibility index (Phi) is 4.67. The number of aryl methyl sites for hydroxylation is 1. The number of esters is 1. The second-order valence-corrected chi connectivity index (χ2v) is 4.66. The van der Waals surface area contributed by atoms with Crippen molar-refractivity contribution in [1.82, 2.24) is 9.97 Å². The molecule has 0 spiro atoms. The molecule has 114 valence electrons. The third-order valence-corrected chi connectivity index (χ3v) is 3.13. The lowest BCUT2D eigenvalue weighted by Gasteiger charge is -2.10. The Labute approximate surface area is 127 Å². The third-order valence-electron chi connectivity index (χ3n) is 3.13. The Morgan fingerprint density at radius 2 is 1.95 bits per heavy atom. The number of carbonyl (C=O) groups excluding carboxylic acids is 2. The molecule has 7 heteroatoms. The number of amides is 1. The van der Waals surface area contributed by atoms with Gasteiger partial charge in [0.2, 0.25) is 0 Å². The Hall–Kier alpha value is -2.96. The van der Waals surface area contributed by atoms with Gasteiger partial charge in [0.25, 0.3) is 5.91 Å². The van der Waals surface area contributed by atoms with E-state index in [0.29, 0.717) is 5.69 Å². The predicted octanol–water partition coefficient (Wildman–Crippen LogP) is 1.47. The average Bonchev–Trinajstić information content (AvgIpc) is 2.50. The molecule has 0 bridgehead atoms. The zero-order valence-corrected chi connectivity index (χ0v) is 12.3. The fourth-order valence-corrected chi connectivity index (χ4v) is 1.78. The Balaban J connectivity index is 1.95. The molecule has 1 heterocycles. The second kappa shape index (κ2) is 6.66. The number of nitrogens with zero attached hydrogens (tertiary/aromatic N) is 2. The molecule has 0 aliphatic carbocycles. The number of nitrogens with two attached hydrogens (primary N) is 1. The van der Waals surface area contributed by atoms with Gasteiger partial charge in [0.15, 0.2) is 18.1 Å². The van der Waals surface area contributed by atoms with Crippen LogP contribution in [0.3, 0.4) is 0 Å². The summed E-state index contributed by atoms with van der Waals surface area (Å²) >= 11 is 0. The molecule has 3 N–H and O–H groups in total. The summed E-state index contributed by atoms with van der Waals surface area (Å²) < 4.78 is 4.88. The summed E-state index contributed by atoms with van der Waals surface area (Å²) in [5.41, 5.74) is 8.10. The van der Waals surface area contributed by atoms with E-state index in [4.69, 9.17) is 10.5 Å². The van der Waals surface area contributed by atoms with Crippen LogP contribution < -0.4 is 11.1 Å². The molecule has 1 aromatic carbocycles. The first kappa shape index (κ1) is 15.4. The molecule has 0 aliphatic heterocycles. The first-order valence-electron chi connectivity index (χ1n) is 6.58. The van der Waals surface area contributed by atoms with Crippen LogP contribution in [0.25, 0.3) is 0 Å². The van der Waals surface area contributed by atoms with Gasteiger partial charge in [-0.25, -0.2) is 14.8 Å². The number of ether oxygens (including phenoxy) is 1. The molecule has 1 aromatic heterocycles. The number of rotatable bonds is 4. The largest absolute Gasteiger partial charge is 0.451 e. The maximum Gasteiger partial charge on any atom is 0.361 e. The molecule has 7 nitrogen and oxygen atoms in total. The zero-order valence-electron chi connectivity index (χ0n) is 12.3. The van der Waals surface area contributed by atoms with E-state index in [1.807, 2.05) is 26.0 Å². The van der Waals surface area contributed by atoms with Crippen LogP contribution in [0.5, 0.6) is 0 Å². The molecule has 0 fully saturated rings. The molecular formula is C15H16N4O3. The molecule has 0 saturated carbocycles. The lowest BCUT2D eigenvalue weighted by Crippen LogP contribution is -2.22. The van der Waals surface area contributed by atoms with Gasteiger partial charge in [0.1, 0.15) is 0 Å². The molecule has 0 radical (unpaired) electrons. The van der Waals surface area contributed by atoms with Crippen LogP contribution in [0, 0.1) is 13.8 Å². The first-order valence-corrected chi connectivity index (χ1v) is 6.58. The van der Waals surface area contributed by atoms with E-state index in [0.717, 1.165) is 11.1 Å². The minimum Gasteiger partial charge on any atom is -0.451 e.